The summed E-state index contributed by atoms with van der Waals surface area (Å²) in [4.78, 5) is 21.5. The van der Waals surface area contributed by atoms with Crippen LogP contribution in [0.4, 0.5) is 20.3 Å². The van der Waals surface area contributed by atoms with E-state index in [2.05, 4.69) is 46.2 Å². The van der Waals surface area contributed by atoms with Crippen molar-refractivity contribution in [2.45, 2.75) is 19.6 Å². The van der Waals surface area contributed by atoms with Crippen molar-refractivity contribution in [3.8, 4) is 28.3 Å². The number of aromatic nitrogens is 5. The van der Waals surface area contributed by atoms with E-state index in [9.17, 15) is 8.78 Å². The van der Waals surface area contributed by atoms with Gasteiger partial charge < -0.3 is 19.5 Å². The molecular weight excluding hydrogens is 634 g/mol. The lowest BCUT2D eigenvalue weighted by molar-refractivity contribution is -0.0491. The van der Waals surface area contributed by atoms with Gasteiger partial charge in [0.1, 0.15) is 5.52 Å². The van der Waals surface area contributed by atoms with Gasteiger partial charge >= 0.3 is 0 Å². The van der Waals surface area contributed by atoms with Crippen molar-refractivity contribution in [2.75, 3.05) is 25.6 Å². The first-order valence-corrected chi connectivity index (χ1v) is 13.9. The Bertz CT molecular complexity index is 1810. The van der Waals surface area contributed by atoms with Gasteiger partial charge in [-0.2, -0.15) is 0 Å². The van der Waals surface area contributed by atoms with E-state index in [4.69, 9.17) is 25.8 Å². The van der Waals surface area contributed by atoms with Crippen molar-refractivity contribution in [3.05, 3.63) is 81.4 Å². The van der Waals surface area contributed by atoms with Gasteiger partial charge in [-0.1, -0.05) is 41.9 Å². The molecule has 42 heavy (non-hydrogen) atoms. The van der Waals surface area contributed by atoms with E-state index in [1.54, 1.807) is 18.5 Å². The van der Waals surface area contributed by atoms with Crippen LogP contribution in [0, 0.1) is 6.92 Å². The van der Waals surface area contributed by atoms with E-state index in [0.717, 1.165) is 16.7 Å². The van der Waals surface area contributed by atoms with Gasteiger partial charge in [0.05, 0.1) is 42.8 Å². The molecule has 0 amide bonds. The van der Waals surface area contributed by atoms with Crippen LogP contribution in [0.15, 0.2) is 59.3 Å². The molecule has 214 valence electrons. The second-order valence-electron chi connectivity index (χ2n) is 9.25. The van der Waals surface area contributed by atoms with Crippen LogP contribution in [-0.4, -0.2) is 45.2 Å². The predicted molar refractivity (Wildman–Crippen MR) is 157 cm³/mol. The molecule has 0 radical (unpaired) electrons. The fourth-order valence-electron chi connectivity index (χ4n) is 4.66. The Kier molecular flexibility index (Phi) is 7.95. The molecule has 13 heteroatoms. The Balaban J connectivity index is 1.38. The number of methoxy groups -OCH3 is 1. The quantitative estimate of drug-likeness (QED) is 0.190. The number of rotatable bonds is 7. The first kappa shape index (κ1) is 28.3. The molecule has 0 atom stereocenters. The Hall–Kier alpha value is -3.84. The number of nitrogens with one attached hydrogen (secondary N) is 1. The standard InChI is InChI=1S/C29H22BrClF2N6O3/c1-14-16(5-4-8-19(14)36-26-23-20(11-15(30)12-34-23)37-27(39-26)25(32)33)17-6-3-7-18(22(17)31)21-13-35-24(28(38-21)40-2)29-41-9-10-42-29/h3-8,11-13,25,29H,9-10H2,1-2H3,(H,36,37,39). The van der Waals surface area contributed by atoms with Crippen LogP contribution in [-0.2, 0) is 9.47 Å². The molecule has 0 unspecified atom stereocenters. The van der Waals surface area contributed by atoms with Gasteiger partial charge in [-0.25, -0.2) is 33.7 Å². The number of fused-ring (bicyclic) bond motifs is 1. The van der Waals surface area contributed by atoms with Crippen molar-refractivity contribution in [2.24, 2.45) is 0 Å². The highest BCUT2D eigenvalue weighted by Crippen LogP contribution is 2.40. The molecule has 1 aliphatic rings. The Morgan fingerprint density at radius 3 is 2.50 bits per heavy atom. The van der Waals surface area contributed by atoms with Crippen molar-refractivity contribution in [1.82, 2.24) is 24.9 Å². The zero-order chi connectivity index (χ0) is 29.4. The fraction of sp³-hybridized carbons (Fsp3) is 0.207. The second kappa shape index (κ2) is 11.8. The predicted octanol–water partition coefficient (Wildman–Crippen LogP) is 7.61. The molecule has 1 N–H and O–H groups in total. The third-order valence-corrected chi connectivity index (χ3v) is 7.51. The molecule has 5 aromatic rings. The van der Waals surface area contributed by atoms with Crippen LogP contribution in [0.25, 0.3) is 33.4 Å². The average Bonchev–Trinajstić information content (AvgIpc) is 3.53. The number of hydrogen-bond donors (Lipinski definition) is 1. The van der Waals surface area contributed by atoms with E-state index in [1.807, 2.05) is 43.3 Å². The SMILES string of the molecule is COc1nc(-c2cccc(-c3cccc(Nc4nc(C(F)F)nc5cc(Br)cnc45)c3C)c2Cl)cnc1C1OCCO1. The van der Waals surface area contributed by atoms with Crippen LogP contribution < -0.4 is 10.1 Å². The number of alkyl halides is 2. The van der Waals surface area contributed by atoms with Crippen LogP contribution in [0.2, 0.25) is 5.02 Å². The molecule has 2 aromatic carbocycles. The summed E-state index contributed by atoms with van der Waals surface area (Å²) in [6.45, 7) is 2.84. The number of hydrogen-bond acceptors (Lipinski definition) is 9. The highest BCUT2D eigenvalue weighted by molar-refractivity contribution is 9.10. The van der Waals surface area contributed by atoms with E-state index in [-0.39, 0.29) is 17.2 Å². The number of pyridine rings is 1. The number of benzene rings is 2. The van der Waals surface area contributed by atoms with Gasteiger partial charge in [0.15, 0.2) is 17.3 Å². The van der Waals surface area contributed by atoms with E-state index in [0.29, 0.717) is 50.9 Å². The lowest BCUT2D eigenvalue weighted by Gasteiger charge is -2.17. The average molecular weight is 656 g/mol. The fourth-order valence-corrected chi connectivity index (χ4v) is 5.31. The van der Waals surface area contributed by atoms with Crippen LogP contribution in [0.1, 0.15) is 29.8 Å². The molecule has 0 saturated carbocycles. The summed E-state index contributed by atoms with van der Waals surface area (Å²) in [7, 11) is 1.51. The maximum atomic E-state index is 13.6. The van der Waals surface area contributed by atoms with Crippen molar-refractivity contribution in [1.29, 1.82) is 0 Å². The Morgan fingerprint density at radius 1 is 1.00 bits per heavy atom. The van der Waals surface area contributed by atoms with Gasteiger partial charge in [0.2, 0.25) is 12.2 Å². The van der Waals surface area contributed by atoms with E-state index >= 15 is 0 Å². The molecule has 0 spiro atoms. The van der Waals surface area contributed by atoms with Crippen molar-refractivity contribution < 1.29 is 23.0 Å². The minimum atomic E-state index is -2.85. The lowest BCUT2D eigenvalue weighted by Crippen LogP contribution is -2.06. The summed E-state index contributed by atoms with van der Waals surface area (Å²) in [6, 6.07) is 12.8. The Morgan fingerprint density at radius 2 is 1.74 bits per heavy atom. The van der Waals surface area contributed by atoms with E-state index < -0.39 is 18.5 Å². The lowest BCUT2D eigenvalue weighted by atomic mass is 9.96. The number of nitrogens with zero attached hydrogens (tertiary/aromatic N) is 5. The maximum absolute atomic E-state index is 13.6. The summed E-state index contributed by atoms with van der Waals surface area (Å²) >= 11 is 10.3. The molecule has 1 aliphatic heterocycles. The minimum absolute atomic E-state index is 0.167. The summed E-state index contributed by atoms with van der Waals surface area (Å²) in [5.41, 5.74) is 5.27. The summed E-state index contributed by atoms with van der Waals surface area (Å²) in [5.74, 6) is -0.146. The third-order valence-electron chi connectivity index (χ3n) is 6.67. The molecule has 4 heterocycles. The largest absolute Gasteiger partial charge is 0.480 e. The second-order valence-corrected chi connectivity index (χ2v) is 10.5. The minimum Gasteiger partial charge on any atom is -0.480 e. The summed E-state index contributed by atoms with van der Waals surface area (Å²) in [5, 5.41) is 3.64. The molecule has 3 aromatic heterocycles. The first-order valence-electron chi connectivity index (χ1n) is 12.8. The van der Waals surface area contributed by atoms with Crippen molar-refractivity contribution in [3.63, 3.8) is 0 Å². The molecular formula is C29H22BrClF2N6O3. The zero-order valence-electron chi connectivity index (χ0n) is 22.2. The number of anilines is 2. The number of ether oxygens (including phenoxy) is 3. The Labute approximate surface area is 252 Å². The molecule has 1 saturated heterocycles. The smallest absolute Gasteiger partial charge is 0.297 e. The topological polar surface area (TPSA) is 104 Å². The molecule has 1 fully saturated rings. The first-order chi connectivity index (χ1) is 20.3. The van der Waals surface area contributed by atoms with Crippen LogP contribution in [0.5, 0.6) is 5.88 Å². The monoisotopic (exact) mass is 654 g/mol. The van der Waals surface area contributed by atoms with Gasteiger partial charge in [-0.15, -0.1) is 0 Å². The van der Waals surface area contributed by atoms with Gasteiger partial charge in [0, 0.05) is 27.5 Å². The summed E-state index contributed by atoms with van der Waals surface area (Å²) in [6.07, 6.45) is -0.324. The van der Waals surface area contributed by atoms with E-state index in [1.165, 1.54) is 7.11 Å². The summed E-state index contributed by atoms with van der Waals surface area (Å²) < 4.78 is 44.4. The molecule has 9 nitrogen and oxygen atoms in total. The molecule has 0 aliphatic carbocycles. The van der Waals surface area contributed by atoms with Gasteiger partial charge in [0.25, 0.3) is 6.43 Å². The maximum Gasteiger partial charge on any atom is 0.297 e. The highest BCUT2D eigenvalue weighted by Gasteiger charge is 2.26. The molecule has 6 rings (SSSR count). The van der Waals surface area contributed by atoms with Gasteiger partial charge in [-0.3, -0.25) is 0 Å². The third kappa shape index (κ3) is 5.38. The van der Waals surface area contributed by atoms with Crippen LogP contribution >= 0.6 is 27.5 Å². The van der Waals surface area contributed by atoms with Crippen LogP contribution in [0.3, 0.4) is 0 Å². The van der Waals surface area contributed by atoms with Gasteiger partial charge in [-0.05, 0) is 46.1 Å². The zero-order valence-corrected chi connectivity index (χ0v) is 24.6. The normalized spacial score (nSPS) is 13.7. The molecule has 0 bridgehead atoms. The number of halogens is 4. The van der Waals surface area contributed by atoms with Crippen molar-refractivity contribution >= 4 is 50.1 Å². The highest BCUT2D eigenvalue weighted by atomic mass is 79.9.